The van der Waals surface area contributed by atoms with Crippen LogP contribution in [0.25, 0.3) is 0 Å². The van der Waals surface area contributed by atoms with Gasteiger partial charge in [0, 0.05) is 26.2 Å². The highest BCUT2D eigenvalue weighted by molar-refractivity contribution is 6.13. The lowest BCUT2D eigenvalue weighted by atomic mass is 10.1. The lowest BCUT2D eigenvalue weighted by molar-refractivity contribution is 0.0994. The van der Waals surface area contributed by atoms with E-state index in [4.69, 9.17) is 4.98 Å². The second-order valence-electron chi connectivity index (χ2n) is 6.75. The van der Waals surface area contributed by atoms with Crippen LogP contribution in [-0.2, 0) is 6.42 Å². The monoisotopic (exact) mass is 343 g/mol. The van der Waals surface area contributed by atoms with E-state index in [2.05, 4.69) is 31.2 Å². The number of rotatable bonds is 2. The molecular weight excluding hydrogens is 322 g/mol. The summed E-state index contributed by atoms with van der Waals surface area (Å²) < 4.78 is 0. The molecule has 0 radical (unpaired) electrons. The van der Waals surface area contributed by atoms with Crippen LogP contribution in [0.2, 0.25) is 0 Å². The second-order valence-corrected chi connectivity index (χ2v) is 6.75. The molecule has 0 spiro atoms. The summed E-state index contributed by atoms with van der Waals surface area (Å²) in [6, 6.07) is 20.2. The number of fused-ring (bicyclic) bond motifs is 2. The van der Waals surface area contributed by atoms with Gasteiger partial charge in [-0.1, -0.05) is 42.0 Å². The van der Waals surface area contributed by atoms with Crippen LogP contribution < -0.4 is 9.80 Å². The summed E-state index contributed by atoms with van der Waals surface area (Å²) in [7, 11) is 3.77. The van der Waals surface area contributed by atoms with Gasteiger partial charge in [-0.15, -0.1) is 0 Å². The van der Waals surface area contributed by atoms with Crippen molar-refractivity contribution >= 4 is 23.1 Å². The molecule has 0 N–H and O–H groups in total. The van der Waals surface area contributed by atoms with E-state index in [-0.39, 0.29) is 5.91 Å². The quantitative estimate of drug-likeness (QED) is 0.694. The molecule has 3 aromatic rings. The fraction of sp³-hybridized carbons (Fsp3) is 0.182. The average Bonchev–Trinajstić information content (AvgIpc) is 2.74. The minimum Gasteiger partial charge on any atom is -0.327 e. The van der Waals surface area contributed by atoms with Crippen molar-refractivity contribution < 1.29 is 4.79 Å². The number of aromatic nitrogens is 1. The lowest BCUT2D eigenvalue weighted by Crippen LogP contribution is -2.25. The zero-order valence-electron chi connectivity index (χ0n) is 15.2. The van der Waals surface area contributed by atoms with Crippen molar-refractivity contribution in [2.75, 3.05) is 23.9 Å². The molecule has 1 aromatic heterocycles. The van der Waals surface area contributed by atoms with Crippen molar-refractivity contribution in [2.24, 2.45) is 0 Å². The molecule has 1 aliphatic heterocycles. The fourth-order valence-electron chi connectivity index (χ4n) is 3.35. The Labute approximate surface area is 153 Å². The third-order valence-electron chi connectivity index (χ3n) is 4.90. The van der Waals surface area contributed by atoms with E-state index in [0.717, 1.165) is 29.3 Å². The summed E-state index contributed by atoms with van der Waals surface area (Å²) in [5.41, 5.74) is 5.85. The van der Waals surface area contributed by atoms with Crippen LogP contribution in [-0.4, -0.2) is 25.0 Å². The molecule has 0 atom stereocenters. The standard InChI is InChI=1S/C22H21N3O/c1-15-8-10-16(11-9-15)14-17-12-13-20-21(23-17)24(2)19-7-5-4-6-18(19)22(26)25(20)3/h4-13H,14H2,1-3H3. The molecule has 4 heteroatoms. The lowest BCUT2D eigenvalue weighted by Gasteiger charge is -2.21. The molecule has 1 amide bonds. The SMILES string of the molecule is Cc1ccc(Cc2ccc3c(n2)N(C)c2ccccc2C(=O)N3C)cc1. The molecule has 4 rings (SSSR count). The van der Waals surface area contributed by atoms with E-state index in [9.17, 15) is 4.79 Å². The Morgan fingerprint density at radius 1 is 0.846 bits per heavy atom. The average molecular weight is 343 g/mol. The highest BCUT2D eigenvalue weighted by Gasteiger charge is 2.28. The van der Waals surface area contributed by atoms with Gasteiger partial charge >= 0.3 is 0 Å². The van der Waals surface area contributed by atoms with Crippen molar-refractivity contribution in [3.05, 3.63) is 83.0 Å². The normalized spacial score (nSPS) is 13.3. The first-order chi connectivity index (χ1) is 12.5. The largest absolute Gasteiger partial charge is 0.327 e. The minimum atomic E-state index is -0.0146. The number of para-hydroxylation sites is 1. The number of aryl methyl sites for hydroxylation is 1. The molecule has 1 aliphatic rings. The molecule has 0 saturated heterocycles. The van der Waals surface area contributed by atoms with E-state index in [1.165, 1.54) is 11.1 Å². The van der Waals surface area contributed by atoms with Gasteiger partial charge in [0.1, 0.15) is 0 Å². The molecule has 130 valence electrons. The van der Waals surface area contributed by atoms with Gasteiger partial charge < -0.3 is 9.80 Å². The number of amides is 1. The molecule has 0 bridgehead atoms. The van der Waals surface area contributed by atoms with E-state index in [1.54, 1.807) is 11.9 Å². The third-order valence-corrected chi connectivity index (χ3v) is 4.90. The first kappa shape index (κ1) is 16.3. The highest BCUT2D eigenvalue weighted by atomic mass is 16.2. The van der Waals surface area contributed by atoms with Crippen molar-refractivity contribution in [2.45, 2.75) is 13.3 Å². The summed E-state index contributed by atoms with van der Waals surface area (Å²) in [4.78, 5) is 21.4. The second kappa shape index (κ2) is 6.30. The van der Waals surface area contributed by atoms with Gasteiger partial charge in [0.25, 0.3) is 5.91 Å². The Bertz CT molecular complexity index is 979. The van der Waals surface area contributed by atoms with Crippen LogP contribution in [0, 0.1) is 6.92 Å². The Balaban J connectivity index is 1.77. The maximum atomic E-state index is 12.8. The first-order valence-corrected chi connectivity index (χ1v) is 8.71. The van der Waals surface area contributed by atoms with E-state index in [1.807, 2.05) is 48.3 Å². The van der Waals surface area contributed by atoms with Crippen molar-refractivity contribution in [1.82, 2.24) is 4.98 Å². The van der Waals surface area contributed by atoms with Gasteiger partial charge in [-0.05, 0) is 36.8 Å². The number of hydrogen-bond acceptors (Lipinski definition) is 3. The summed E-state index contributed by atoms with van der Waals surface area (Å²) in [6.07, 6.45) is 0.765. The van der Waals surface area contributed by atoms with Crippen molar-refractivity contribution in [3.63, 3.8) is 0 Å². The van der Waals surface area contributed by atoms with Crippen LogP contribution >= 0.6 is 0 Å². The topological polar surface area (TPSA) is 36.4 Å². The molecule has 2 aromatic carbocycles. The fourth-order valence-corrected chi connectivity index (χ4v) is 3.35. The zero-order chi connectivity index (χ0) is 18.3. The summed E-state index contributed by atoms with van der Waals surface area (Å²) in [5, 5.41) is 0. The minimum absolute atomic E-state index is 0.0146. The van der Waals surface area contributed by atoms with Crippen LogP contribution in [0.5, 0.6) is 0 Å². The molecule has 0 aliphatic carbocycles. The number of nitrogens with zero attached hydrogens (tertiary/aromatic N) is 3. The van der Waals surface area contributed by atoms with Crippen LogP contribution in [0.1, 0.15) is 27.2 Å². The molecule has 0 saturated carbocycles. The maximum Gasteiger partial charge on any atom is 0.260 e. The van der Waals surface area contributed by atoms with E-state index in [0.29, 0.717) is 5.56 Å². The van der Waals surface area contributed by atoms with Gasteiger partial charge in [-0.2, -0.15) is 0 Å². The predicted molar refractivity (Wildman–Crippen MR) is 105 cm³/mol. The number of carbonyl (C=O) groups is 1. The van der Waals surface area contributed by atoms with Crippen molar-refractivity contribution in [3.8, 4) is 0 Å². The van der Waals surface area contributed by atoms with E-state index < -0.39 is 0 Å². The molecular formula is C22H21N3O. The molecule has 4 nitrogen and oxygen atoms in total. The highest BCUT2D eigenvalue weighted by Crippen LogP contribution is 2.37. The zero-order valence-corrected chi connectivity index (χ0v) is 15.2. The van der Waals surface area contributed by atoms with Gasteiger partial charge in [0.05, 0.1) is 16.9 Å². The third kappa shape index (κ3) is 2.73. The van der Waals surface area contributed by atoms with Crippen LogP contribution in [0.4, 0.5) is 17.2 Å². The Morgan fingerprint density at radius 3 is 2.35 bits per heavy atom. The predicted octanol–water partition coefficient (Wildman–Crippen LogP) is 4.34. The first-order valence-electron chi connectivity index (χ1n) is 8.71. The van der Waals surface area contributed by atoms with Gasteiger partial charge in [0.15, 0.2) is 5.82 Å². The van der Waals surface area contributed by atoms with Crippen LogP contribution in [0.15, 0.2) is 60.7 Å². The molecule has 0 fully saturated rings. The Morgan fingerprint density at radius 2 is 1.58 bits per heavy atom. The Hall–Kier alpha value is -3.14. The maximum absolute atomic E-state index is 12.8. The number of carbonyl (C=O) groups excluding carboxylic acids is 1. The van der Waals surface area contributed by atoms with Gasteiger partial charge in [-0.3, -0.25) is 4.79 Å². The van der Waals surface area contributed by atoms with Crippen LogP contribution in [0.3, 0.4) is 0 Å². The number of benzene rings is 2. The number of hydrogen-bond donors (Lipinski definition) is 0. The molecule has 26 heavy (non-hydrogen) atoms. The van der Waals surface area contributed by atoms with Crippen molar-refractivity contribution in [1.29, 1.82) is 0 Å². The van der Waals surface area contributed by atoms with Gasteiger partial charge in [0.2, 0.25) is 0 Å². The smallest absolute Gasteiger partial charge is 0.260 e. The van der Waals surface area contributed by atoms with Gasteiger partial charge in [-0.25, -0.2) is 4.98 Å². The Kier molecular flexibility index (Phi) is 3.96. The summed E-state index contributed by atoms with van der Waals surface area (Å²) in [5.74, 6) is 0.787. The molecule has 2 heterocycles. The summed E-state index contributed by atoms with van der Waals surface area (Å²) >= 11 is 0. The summed E-state index contributed by atoms with van der Waals surface area (Å²) in [6.45, 7) is 2.09. The number of pyridine rings is 1. The van der Waals surface area contributed by atoms with E-state index >= 15 is 0 Å². The molecule has 0 unspecified atom stereocenters. The number of anilines is 3.